The second-order valence-electron chi connectivity index (χ2n) is 7.19. The summed E-state index contributed by atoms with van der Waals surface area (Å²) < 4.78 is 5.07. The number of carbonyl (C=O) groups excluding carboxylic acids is 1. The smallest absolute Gasteiger partial charge is 0.257 e. The molecule has 1 aromatic carbocycles. The van der Waals surface area contributed by atoms with Crippen molar-refractivity contribution in [2.24, 2.45) is 0 Å². The largest absolute Gasteiger partial charge is 0.472 e. The Bertz CT molecular complexity index is 950. The molecule has 3 aromatic rings. The summed E-state index contributed by atoms with van der Waals surface area (Å²) in [6.45, 7) is 5.44. The number of aromatic nitrogens is 2. The van der Waals surface area contributed by atoms with Crippen LogP contribution in [-0.2, 0) is 0 Å². The molecule has 3 heterocycles. The maximum Gasteiger partial charge on any atom is 0.257 e. The number of benzene rings is 1. The first-order valence-corrected chi connectivity index (χ1v) is 9.34. The molecule has 138 valence electrons. The van der Waals surface area contributed by atoms with Gasteiger partial charge in [0.05, 0.1) is 17.5 Å². The fourth-order valence-electron chi connectivity index (χ4n) is 3.79. The lowest BCUT2D eigenvalue weighted by atomic mass is 9.89. The normalized spacial score (nSPS) is 17.1. The predicted molar refractivity (Wildman–Crippen MR) is 104 cm³/mol. The van der Waals surface area contributed by atoms with Crippen LogP contribution in [0.2, 0.25) is 0 Å². The number of rotatable bonds is 3. The minimum atomic E-state index is 0.0244. The van der Waals surface area contributed by atoms with Crippen LogP contribution in [0.1, 0.15) is 46.2 Å². The summed E-state index contributed by atoms with van der Waals surface area (Å²) in [5, 5.41) is 0. The minimum Gasteiger partial charge on any atom is -0.472 e. The van der Waals surface area contributed by atoms with Gasteiger partial charge >= 0.3 is 0 Å². The molecule has 0 radical (unpaired) electrons. The zero-order valence-electron chi connectivity index (χ0n) is 15.7. The molecule has 0 aliphatic carbocycles. The molecular weight excluding hydrogens is 338 g/mol. The van der Waals surface area contributed by atoms with E-state index < -0.39 is 0 Å². The summed E-state index contributed by atoms with van der Waals surface area (Å²) in [7, 11) is 0. The molecule has 0 unspecified atom stereocenters. The lowest BCUT2D eigenvalue weighted by Crippen LogP contribution is -2.39. The molecule has 1 aliphatic heterocycles. The van der Waals surface area contributed by atoms with E-state index in [1.165, 1.54) is 18.1 Å². The number of amides is 1. The third-order valence-electron chi connectivity index (χ3n) is 5.13. The van der Waals surface area contributed by atoms with Crippen LogP contribution in [0.5, 0.6) is 0 Å². The number of furan rings is 1. The molecule has 27 heavy (non-hydrogen) atoms. The molecule has 5 nitrogen and oxygen atoms in total. The van der Waals surface area contributed by atoms with Gasteiger partial charge in [0.2, 0.25) is 0 Å². The van der Waals surface area contributed by atoms with E-state index in [4.69, 9.17) is 9.40 Å². The van der Waals surface area contributed by atoms with Crippen LogP contribution in [0.15, 0.2) is 53.5 Å². The van der Waals surface area contributed by atoms with Crippen molar-refractivity contribution in [1.82, 2.24) is 14.9 Å². The molecular formula is C22H23N3O2. The monoisotopic (exact) mass is 361 g/mol. The highest BCUT2D eigenvalue weighted by Gasteiger charge is 2.28. The van der Waals surface area contributed by atoms with Gasteiger partial charge in [-0.1, -0.05) is 29.8 Å². The maximum absolute atomic E-state index is 12.7. The van der Waals surface area contributed by atoms with Crippen molar-refractivity contribution in [3.05, 3.63) is 71.7 Å². The Balaban J connectivity index is 1.66. The summed E-state index contributed by atoms with van der Waals surface area (Å²) in [6.07, 6.45) is 6.95. The van der Waals surface area contributed by atoms with E-state index in [1.807, 2.05) is 18.0 Å². The fourth-order valence-corrected chi connectivity index (χ4v) is 3.79. The van der Waals surface area contributed by atoms with Gasteiger partial charge in [-0.05, 0) is 38.3 Å². The van der Waals surface area contributed by atoms with Gasteiger partial charge in [0, 0.05) is 30.8 Å². The van der Waals surface area contributed by atoms with Gasteiger partial charge in [-0.2, -0.15) is 0 Å². The van der Waals surface area contributed by atoms with Gasteiger partial charge in [-0.25, -0.2) is 9.97 Å². The molecule has 0 spiro atoms. The van der Waals surface area contributed by atoms with Crippen molar-refractivity contribution in [1.29, 1.82) is 0 Å². The van der Waals surface area contributed by atoms with Crippen LogP contribution in [0.25, 0.3) is 11.1 Å². The molecule has 1 saturated heterocycles. The van der Waals surface area contributed by atoms with Crippen LogP contribution in [0, 0.1) is 13.8 Å². The van der Waals surface area contributed by atoms with Gasteiger partial charge in [0.15, 0.2) is 0 Å². The Morgan fingerprint density at radius 3 is 2.93 bits per heavy atom. The molecule has 5 heteroatoms. The van der Waals surface area contributed by atoms with E-state index in [2.05, 4.69) is 36.2 Å². The third kappa shape index (κ3) is 3.63. The fraction of sp³-hybridized carbons (Fsp3) is 0.318. The highest BCUT2D eigenvalue weighted by molar-refractivity contribution is 5.94. The molecule has 1 aliphatic rings. The number of carbonyl (C=O) groups is 1. The number of piperidine rings is 1. The second-order valence-corrected chi connectivity index (χ2v) is 7.19. The first kappa shape index (κ1) is 17.5. The van der Waals surface area contributed by atoms with Gasteiger partial charge in [0.1, 0.15) is 12.1 Å². The van der Waals surface area contributed by atoms with E-state index >= 15 is 0 Å². The van der Waals surface area contributed by atoms with Crippen LogP contribution in [0.4, 0.5) is 0 Å². The summed E-state index contributed by atoms with van der Waals surface area (Å²) >= 11 is 0. The first-order valence-electron chi connectivity index (χ1n) is 9.34. The van der Waals surface area contributed by atoms with Crippen molar-refractivity contribution in [2.75, 3.05) is 13.1 Å². The van der Waals surface area contributed by atoms with Crippen LogP contribution in [0.3, 0.4) is 0 Å². The Kier molecular flexibility index (Phi) is 4.75. The lowest BCUT2D eigenvalue weighted by molar-refractivity contribution is 0.0705. The average Bonchev–Trinajstić information content (AvgIpc) is 3.22. The van der Waals surface area contributed by atoms with Gasteiger partial charge in [-0.15, -0.1) is 0 Å². The summed E-state index contributed by atoms with van der Waals surface area (Å²) in [5.74, 6) is 0.989. The summed E-state index contributed by atoms with van der Waals surface area (Å²) in [4.78, 5) is 23.9. The summed E-state index contributed by atoms with van der Waals surface area (Å²) in [5.41, 5.74) is 5.04. The molecule has 0 bridgehead atoms. The molecule has 1 fully saturated rings. The SMILES string of the molecule is Cc1cccc(-c2cnc(C)nc2[C@H]2CCCN(C(=O)c3ccoc3)C2)c1. The van der Waals surface area contributed by atoms with E-state index in [-0.39, 0.29) is 11.8 Å². The molecule has 1 atom stereocenters. The van der Waals surface area contributed by atoms with Gasteiger partial charge in [-0.3, -0.25) is 4.79 Å². The van der Waals surface area contributed by atoms with Gasteiger partial charge in [0.25, 0.3) is 5.91 Å². The maximum atomic E-state index is 12.7. The van der Waals surface area contributed by atoms with Crippen LogP contribution >= 0.6 is 0 Å². The van der Waals surface area contributed by atoms with E-state index in [0.717, 1.165) is 42.0 Å². The van der Waals surface area contributed by atoms with E-state index in [1.54, 1.807) is 6.07 Å². The quantitative estimate of drug-likeness (QED) is 0.695. The number of hydrogen-bond acceptors (Lipinski definition) is 4. The molecule has 1 amide bonds. The number of likely N-dealkylation sites (tertiary alicyclic amines) is 1. The number of nitrogens with zero attached hydrogens (tertiary/aromatic N) is 3. The average molecular weight is 361 g/mol. The van der Waals surface area contributed by atoms with Gasteiger partial charge < -0.3 is 9.32 Å². The van der Waals surface area contributed by atoms with E-state index in [0.29, 0.717) is 12.1 Å². The van der Waals surface area contributed by atoms with Crippen molar-refractivity contribution in [3.63, 3.8) is 0 Å². The Morgan fingerprint density at radius 1 is 1.26 bits per heavy atom. The molecule has 0 N–H and O–H groups in total. The third-order valence-corrected chi connectivity index (χ3v) is 5.13. The highest BCUT2D eigenvalue weighted by Crippen LogP contribution is 2.33. The second kappa shape index (κ2) is 7.35. The summed E-state index contributed by atoms with van der Waals surface area (Å²) in [6, 6.07) is 10.1. The van der Waals surface area contributed by atoms with Crippen molar-refractivity contribution in [2.45, 2.75) is 32.6 Å². The predicted octanol–water partition coefficient (Wildman–Crippen LogP) is 4.37. The Morgan fingerprint density at radius 2 is 2.15 bits per heavy atom. The van der Waals surface area contributed by atoms with Crippen molar-refractivity contribution < 1.29 is 9.21 Å². The van der Waals surface area contributed by atoms with Crippen LogP contribution < -0.4 is 0 Å². The topological polar surface area (TPSA) is 59.2 Å². The van der Waals surface area contributed by atoms with Crippen molar-refractivity contribution in [3.8, 4) is 11.1 Å². The zero-order valence-corrected chi connectivity index (χ0v) is 15.7. The first-order chi connectivity index (χ1) is 13.1. The molecule has 2 aromatic heterocycles. The zero-order chi connectivity index (χ0) is 18.8. The van der Waals surface area contributed by atoms with Crippen molar-refractivity contribution >= 4 is 5.91 Å². The van der Waals surface area contributed by atoms with Crippen LogP contribution in [-0.4, -0.2) is 33.9 Å². The van der Waals surface area contributed by atoms with E-state index in [9.17, 15) is 4.79 Å². The Labute approximate surface area is 159 Å². The standard InChI is InChI=1S/C22H23N3O2/c1-15-5-3-6-17(11-15)20-12-23-16(2)24-21(20)18-7-4-9-25(13-18)22(26)19-8-10-27-14-19/h3,5-6,8,10-12,14,18H,4,7,9,13H2,1-2H3/t18-/m0/s1. The lowest BCUT2D eigenvalue weighted by Gasteiger charge is -2.33. The minimum absolute atomic E-state index is 0.0244. The Hall–Kier alpha value is -2.95. The number of aryl methyl sites for hydroxylation is 2. The molecule has 4 rings (SSSR count). The highest BCUT2D eigenvalue weighted by atomic mass is 16.3. The number of hydrogen-bond donors (Lipinski definition) is 0. The molecule has 0 saturated carbocycles.